The third-order valence-corrected chi connectivity index (χ3v) is 5.22. The normalized spacial score (nSPS) is 33.6. The van der Waals surface area contributed by atoms with Gasteiger partial charge in [0.15, 0.2) is 0 Å². The number of hydrogen-bond donors (Lipinski definition) is 1. The van der Waals surface area contributed by atoms with Crippen LogP contribution in [0.5, 0.6) is 0 Å². The van der Waals surface area contributed by atoms with Crippen LogP contribution in [0.4, 0.5) is 0 Å². The molecular weight excluding hydrogens is 248 g/mol. The van der Waals surface area contributed by atoms with Crippen LogP contribution in [0.1, 0.15) is 50.6 Å². The minimum absolute atomic E-state index is 0.0204. The molecular formula is C17H24N2O. The zero-order chi connectivity index (χ0) is 14.2. The van der Waals surface area contributed by atoms with E-state index in [9.17, 15) is 4.79 Å². The van der Waals surface area contributed by atoms with Gasteiger partial charge in [-0.2, -0.15) is 0 Å². The van der Waals surface area contributed by atoms with E-state index in [4.69, 9.17) is 5.73 Å². The Hall–Kier alpha value is -1.35. The van der Waals surface area contributed by atoms with Crippen LogP contribution in [0.15, 0.2) is 30.3 Å². The van der Waals surface area contributed by atoms with Crippen molar-refractivity contribution in [1.29, 1.82) is 0 Å². The molecule has 20 heavy (non-hydrogen) atoms. The van der Waals surface area contributed by atoms with Gasteiger partial charge in [-0.25, -0.2) is 0 Å². The molecule has 3 rings (SSSR count). The van der Waals surface area contributed by atoms with Crippen LogP contribution < -0.4 is 5.73 Å². The van der Waals surface area contributed by atoms with Gasteiger partial charge < -0.3 is 10.6 Å². The van der Waals surface area contributed by atoms with Gasteiger partial charge in [-0.3, -0.25) is 4.79 Å². The van der Waals surface area contributed by atoms with Crippen molar-refractivity contribution in [2.24, 2.45) is 11.1 Å². The number of benzene rings is 1. The van der Waals surface area contributed by atoms with E-state index in [1.54, 1.807) is 0 Å². The molecule has 0 aromatic heterocycles. The fourth-order valence-electron chi connectivity index (χ4n) is 3.82. The Morgan fingerprint density at radius 1 is 1.25 bits per heavy atom. The van der Waals surface area contributed by atoms with Crippen LogP contribution in [0.2, 0.25) is 0 Å². The molecule has 1 amide bonds. The van der Waals surface area contributed by atoms with Gasteiger partial charge in [-0.05, 0) is 38.2 Å². The lowest BCUT2D eigenvalue weighted by atomic mass is 9.83. The molecule has 3 nitrogen and oxygen atoms in total. The molecule has 1 aromatic rings. The SMILES string of the molecule is CC1(C(=O)N2CCCC2c2ccccc2)CCCC1N. The summed E-state index contributed by atoms with van der Waals surface area (Å²) in [6, 6.07) is 10.7. The Kier molecular flexibility index (Phi) is 3.55. The first kappa shape index (κ1) is 13.6. The van der Waals surface area contributed by atoms with Gasteiger partial charge in [0.1, 0.15) is 0 Å². The Morgan fingerprint density at radius 2 is 2.00 bits per heavy atom. The Labute approximate surface area is 121 Å². The van der Waals surface area contributed by atoms with Crippen molar-refractivity contribution in [1.82, 2.24) is 4.90 Å². The molecule has 0 spiro atoms. The Balaban J connectivity index is 1.84. The lowest BCUT2D eigenvalue weighted by molar-refractivity contribution is -0.142. The second kappa shape index (κ2) is 5.21. The zero-order valence-electron chi connectivity index (χ0n) is 12.2. The maximum Gasteiger partial charge on any atom is 0.230 e. The average Bonchev–Trinajstić information content (AvgIpc) is 3.08. The number of amides is 1. The summed E-state index contributed by atoms with van der Waals surface area (Å²) in [7, 11) is 0. The van der Waals surface area contributed by atoms with Crippen molar-refractivity contribution in [2.45, 2.75) is 51.1 Å². The summed E-state index contributed by atoms with van der Waals surface area (Å²) in [5, 5.41) is 0. The van der Waals surface area contributed by atoms with Gasteiger partial charge >= 0.3 is 0 Å². The smallest absolute Gasteiger partial charge is 0.230 e. The highest BCUT2D eigenvalue weighted by Crippen LogP contribution is 2.42. The molecule has 1 saturated carbocycles. The van der Waals surface area contributed by atoms with E-state index in [1.807, 2.05) is 6.07 Å². The summed E-state index contributed by atoms with van der Waals surface area (Å²) in [5.41, 5.74) is 7.13. The predicted octanol–water partition coefficient (Wildman–Crippen LogP) is 2.87. The first-order valence-corrected chi connectivity index (χ1v) is 7.74. The number of rotatable bonds is 2. The van der Waals surface area contributed by atoms with Crippen LogP contribution in [-0.4, -0.2) is 23.4 Å². The van der Waals surface area contributed by atoms with E-state index in [2.05, 4.69) is 36.1 Å². The lowest BCUT2D eigenvalue weighted by Crippen LogP contribution is -2.49. The summed E-state index contributed by atoms with van der Waals surface area (Å²) in [6.07, 6.45) is 5.15. The largest absolute Gasteiger partial charge is 0.335 e. The summed E-state index contributed by atoms with van der Waals surface area (Å²) >= 11 is 0. The van der Waals surface area contributed by atoms with Gasteiger partial charge in [-0.1, -0.05) is 36.8 Å². The quantitative estimate of drug-likeness (QED) is 0.900. The summed E-state index contributed by atoms with van der Waals surface area (Å²) < 4.78 is 0. The summed E-state index contributed by atoms with van der Waals surface area (Å²) in [6.45, 7) is 2.94. The topological polar surface area (TPSA) is 46.3 Å². The van der Waals surface area contributed by atoms with Gasteiger partial charge in [0.25, 0.3) is 0 Å². The second-order valence-corrected chi connectivity index (χ2v) is 6.48. The van der Waals surface area contributed by atoms with Crippen molar-refractivity contribution >= 4 is 5.91 Å². The fraction of sp³-hybridized carbons (Fsp3) is 0.588. The monoisotopic (exact) mass is 272 g/mol. The molecule has 3 atom stereocenters. The number of hydrogen-bond acceptors (Lipinski definition) is 2. The molecule has 3 unspecified atom stereocenters. The van der Waals surface area contributed by atoms with E-state index in [-0.39, 0.29) is 23.4 Å². The minimum atomic E-state index is -0.350. The number of carbonyl (C=O) groups excluding carboxylic acids is 1. The van der Waals surface area contributed by atoms with E-state index in [0.29, 0.717) is 0 Å². The molecule has 1 aliphatic carbocycles. The van der Waals surface area contributed by atoms with E-state index in [0.717, 1.165) is 38.6 Å². The lowest BCUT2D eigenvalue weighted by Gasteiger charge is -2.35. The van der Waals surface area contributed by atoms with Crippen LogP contribution in [0.3, 0.4) is 0 Å². The Bertz CT molecular complexity index is 487. The number of nitrogens with two attached hydrogens (primary N) is 1. The molecule has 108 valence electrons. The predicted molar refractivity (Wildman–Crippen MR) is 80.1 cm³/mol. The van der Waals surface area contributed by atoms with E-state index < -0.39 is 0 Å². The number of likely N-dealkylation sites (tertiary alicyclic amines) is 1. The molecule has 2 fully saturated rings. The van der Waals surface area contributed by atoms with Crippen molar-refractivity contribution in [3.63, 3.8) is 0 Å². The minimum Gasteiger partial charge on any atom is -0.335 e. The van der Waals surface area contributed by atoms with Crippen LogP contribution in [0, 0.1) is 5.41 Å². The fourth-order valence-corrected chi connectivity index (χ4v) is 3.82. The molecule has 0 bridgehead atoms. The first-order valence-electron chi connectivity index (χ1n) is 7.74. The van der Waals surface area contributed by atoms with E-state index >= 15 is 0 Å². The number of nitrogens with zero attached hydrogens (tertiary/aromatic N) is 1. The van der Waals surface area contributed by atoms with Gasteiger partial charge in [-0.15, -0.1) is 0 Å². The second-order valence-electron chi connectivity index (χ2n) is 6.48. The van der Waals surface area contributed by atoms with Gasteiger partial charge in [0.05, 0.1) is 11.5 Å². The van der Waals surface area contributed by atoms with Crippen molar-refractivity contribution in [3.05, 3.63) is 35.9 Å². The van der Waals surface area contributed by atoms with Crippen LogP contribution in [-0.2, 0) is 4.79 Å². The highest BCUT2D eigenvalue weighted by Gasteiger charge is 2.47. The molecule has 0 radical (unpaired) electrons. The highest BCUT2D eigenvalue weighted by atomic mass is 16.2. The standard InChI is InChI=1S/C17H24N2O/c1-17(11-5-10-15(17)18)16(20)19-12-6-9-14(19)13-7-3-2-4-8-13/h2-4,7-8,14-15H,5-6,9-12,18H2,1H3. The molecule has 1 heterocycles. The molecule has 3 heteroatoms. The van der Waals surface area contributed by atoms with E-state index in [1.165, 1.54) is 5.56 Å². The van der Waals surface area contributed by atoms with Crippen molar-refractivity contribution < 1.29 is 4.79 Å². The maximum absolute atomic E-state index is 13.0. The summed E-state index contributed by atoms with van der Waals surface area (Å²) in [4.78, 5) is 15.1. The highest BCUT2D eigenvalue weighted by molar-refractivity contribution is 5.84. The zero-order valence-corrected chi connectivity index (χ0v) is 12.2. The maximum atomic E-state index is 13.0. The molecule has 1 aromatic carbocycles. The summed E-state index contributed by atoms with van der Waals surface area (Å²) in [5.74, 6) is 0.272. The first-order chi connectivity index (χ1) is 9.63. The van der Waals surface area contributed by atoms with Crippen molar-refractivity contribution in [3.8, 4) is 0 Å². The van der Waals surface area contributed by atoms with Gasteiger partial charge in [0, 0.05) is 12.6 Å². The van der Waals surface area contributed by atoms with Crippen LogP contribution in [0.25, 0.3) is 0 Å². The van der Waals surface area contributed by atoms with Crippen molar-refractivity contribution in [2.75, 3.05) is 6.54 Å². The molecule has 2 aliphatic rings. The van der Waals surface area contributed by atoms with Gasteiger partial charge in [0.2, 0.25) is 5.91 Å². The average molecular weight is 272 g/mol. The van der Waals surface area contributed by atoms with Crippen LogP contribution >= 0.6 is 0 Å². The molecule has 1 aliphatic heterocycles. The number of carbonyl (C=O) groups is 1. The third kappa shape index (κ3) is 2.14. The molecule has 2 N–H and O–H groups in total. The molecule has 1 saturated heterocycles. The Morgan fingerprint density at radius 3 is 2.65 bits per heavy atom. The third-order valence-electron chi connectivity index (χ3n) is 5.22.